The van der Waals surface area contributed by atoms with Crippen LogP contribution >= 0.6 is 0 Å². The van der Waals surface area contributed by atoms with Crippen molar-refractivity contribution in [1.82, 2.24) is 15.1 Å². The molecule has 0 atom stereocenters. The maximum absolute atomic E-state index is 12.6. The van der Waals surface area contributed by atoms with Gasteiger partial charge in [0, 0.05) is 18.0 Å². The van der Waals surface area contributed by atoms with Gasteiger partial charge in [-0.25, -0.2) is 8.42 Å². The van der Waals surface area contributed by atoms with Gasteiger partial charge in [-0.05, 0) is 42.3 Å². The fourth-order valence-electron chi connectivity index (χ4n) is 2.91. The predicted octanol–water partition coefficient (Wildman–Crippen LogP) is 4.44. The van der Waals surface area contributed by atoms with Gasteiger partial charge in [0.15, 0.2) is 0 Å². The third-order valence-corrected chi connectivity index (χ3v) is 5.53. The van der Waals surface area contributed by atoms with Crippen molar-refractivity contribution in [2.24, 2.45) is 0 Å². The SMILES string of the molecule is Cc1ccc(/C=C/S(=O)(=O)Nc2ccccc2Cc2nc(-c3ccncc3)no2)cc1. The number of nitrogens with one attached hydrogen (secondary N) is 1. The van der Waals surface area contributed by atoms with E-state index in [0.717, 1.165) is 27.7 Å². The molecule has 0 saturated carbocycles. The van der Waals surface area contributed by atoms with E-state index in [1.807, 2.05) is 43.3 Å². The minimum absolute atomic E-state index is 0.290. The van der Waals surface area contributed by atoms with Crippen LogP contribution in [0, 0.1) is 6.92 Å². The first kappa shape index (κ1) is 20.5. The zero-order valence-electron chi connectivity index (χ0n) is 16.8. The maximum Gasteiger partial charge on any atom is 0.255 e. The summed E-state index contributed by atoms with van der Waals surface area (Å²) >= 11 is 0. The Kier molecular flexibility index (Phi) is 5.90. The molecule has 4 rings (SSSR count). The Morgan fingerprint density at radius 2 is 1.74 bits per heavy atom. The minimum Gasteiger partial charge on any atom is -0.339 e. The van der Waals surface area contributed by atoms with Gasteiger partial charge in [-0.2, -0.15) is 4.98 Å². The van der Waals surface area contributed by atoms with Crippen LogP contribution in [0.25, 0.3) is 17.5 Å². The third kappa shape index (κ3) is 5.43. The summed E-state index contributed by atoms with van der Waals surface area (Å²) in [5, 5.41) is 5.15. The number of benzene rings is 2. The van der Waals surface area contributed by atoms with Gasteiger partial charge in [-0.15, -0.1) is 0 Å². The Morgan fingerprint density at radius 1 is 1.00 bits per heavy atom. The Morgan fingerprint density at radius 3 is 2.52 bits per heavy atom. The van der Waals surface area contributed by atoms with E-state index in [0.29, 0.717) is 23.8 Å². The molecule has 0 radical (unpaired) electrons. The normalized spacial score (nSPS) is 11.6. The number of anilines is 1. The lowest BCUT2D eigenvalue weighted by molar-refractivity contribution is 0.386. The summed E-state index contributed by atoms with van der Waals surface area (Å²) in [5.41, 5.74) is 3.89. The van der Waals surface area contributed by atoms with E-state index < -0.39 is 10.0 Å². The first-order valence-corrected chi connectivity index (χ1v) is 11.1. The highest BCUT2D eigenvalue weighted by Crippen LogP contribution is 2.22. The Balaban J connectivity index is 1.51. The van der Waals surface area contributed by atoms with Gasteiger partial charge in [-0.3, -0.25) is 9.71 Å². The van der Waals surface area contributed by atoms with Crippen molar-refractivity contribution in [2.75, 3.05) is 4.72 Å². The highest BCUT2D eigenvalue weighted by atomic mass is 32.2. The van der Waals surface area contributed by atoms with Crippen LogP contribution in [0.4, 0.5) is 5.69 Å². The molecule has 8 heteroatoms. The molecule has 0 aliphatic carbocycles. The Hall–Kier alpha value is -3.78. The van der Waals surface area contributed by atoms with Crippen LogP contribution < -0.4 is 4.72 Å². The highest BCUT2D eigenvalue weighted by molar-refractivity contribution is 7.95. The van der Waals surface area contributed by atoms with Gasteiger partial charge >= 0.3 is 0 Å². The number of pyridine rings is 1. The van der Waals surface area contributed by atoms with Gasteiger partial charge < -0.3 is 4.52 Å². The molecule has 4 aromatic rings. The number of nitrogens with zero attached hydrogens (tertiary/aromatic N) is 3. The zero-order chi connectivity index (χ0) is 21.7. The Bertz CT molecular complexity index is 1300. The molecule has 0 aliphatic heterocycles. The van der Waals surface area contributed by atoms with Crippen LogP contribution in [0.2, 0.25) is 0 Å². The second-order valence-electron chi connectivity index (χ2n) is 6.94. The van der Waals surface area contributed by atoms with Crippen molar-refractivity contribution >= 4 is 21.8 Å². The number of hydrogen-bond donors (Lipinski definition) is 1. The molecule has 0 unspecified atom stereocenters. The van der Waals surface area contributed by atoms with E-state index in [1.54, 1.807) is 42.7 Å². The second kappa shape index (κ2) is 8.93. The molecule has 0 aliphatic rings. The van der Waals surface area contributed by atoms with Crippen molar-refractivity contribution in [3.63, 3.8) is 0 Å². The topological polar surface area (TPSA) is 98.0 Å². The van der Waals surface area contributed by atoms with Crippen LogP contribution in [0.3, 0.4) is 0 Å². The van der Waals surface area contributed by atoms with E-state index in [1.165, 1.54) is 0 Å². The summed E-state index contributed by atoms with van der Waals surface area (Å²) in [5.74, 6) is 0.838. The standard InChI is InChI=1S/C23H20N4O3S/c1-17-6-8-18(9-7-17)12-15-31(28,29)27-21-5-3-2-4-20(21)16-22-25-23(26-30-22)19-10-13-24-14-11-19/h2-15,27H,16H2,1H3/b15-12+. The van der Waals surface area contributed by atoms with Crippen LogP contribution in [-0.4, -0.2) is 23.5 Å². The summed E-state index contributed by atoms with van der Waals surface area (Å²) in [6.45, 7) is 1.98. The van der Waals surface area contributed by atoms with Gasteiger partial charge in [0.2, 0.25) is 11.7 Å². The van der Waals surface area contributed by atoms with Crippen molar-refractivity contribution in [1.29, 1.82) is 0 Å². The molecular weight excluding hydrogens is 412 g/mol. The smallest absolute Gasteiger partial charge is 0.255 e. The lowest BCUT2D eigenvalue weighted by atomic mass is 10.1. The summed E-state index contributed by atoms with van der Waals surface area (Å²) in [6, 6.07) is 18.3. The first-order chi connectivity index (χ1) is 15.0. The van der Waals surface area contributed by atoms with Gasteiger partial charge in [0.05, 0.1) is 17.5 Å². The molecule has 2 aromatic carbocycles. The van der Waals surface area contributed by atoms with E-state index in [-0.39, 0.29) is 0 Å². The van der Waals surface area contributed by atoms with Gasteiger partial charge in [0.1, 0.15) is 0 Å². The maximum atomic E-state index is 12.6. The van der Waals surface area contributed by atoms with E-state index in [4.69, 9.17) is 4.52 Å². The molecule has 2 heterocycles. The van der Waals surface area contributed by atoms with Crippen molar-refractivity contribution in [2.45, 2.75) is 13.3 Å². The minimum atomic E-state index is -3.70. The van der Waals surface area contributed by atoms with E-state index >= 15 is 0 Å². The largest absolute Gasteiger partial charge is 0.339 e. The predicted molar refractivity (Wildman–Crippen MR) is 120 cm³/mol. The monoisotopic (exact) mass is 432 g/mol. The number of aromatic nitrogens is 3. The summed E-state index contributed by atoms with van der Waals surface area (Å²) in [7, 11) is -3.70. The Labute approximate surface area is 180 Å². The molecule has 0 fully saturated rings. The number of aryl methyl sites for hydroxylation is 1. The molecule has 31 heavy (non-hydrogen) atoms. The molecular formula is C23H20N4O3S. The second-order valence-corrected chi connectivity index (χ2v) is 8.51. The molecule has 156 valence electrons. The zero-order valence-corrected chi connectivity index (χ0v) is 17.6. The van der Waals surface area contributed by atoms with Crippen molar-refractivity contribution in [3.05, 3.63) is 101 Å². The molecule has 0 bridgehead atoms. The first-order valence-electron chi connectivity index (χ1n) is 9.57. The number of rotatable bonds is 7. The fourth-order valence-corrected chi connectivity index (χ4v) is 3.82. The molecule has 2 aromatic heterocycles. The molecule has 1 N–H and O–H groups in total. The quantitative estimate of drug-likeness (QED) is 0.463. The van der Waals surface area contributed by atoms with Gasteiger partial charge in [-0.1, -0.05) is 53.2 Å². The van der Waals surface area contributed by atoms with E-state index in [2.05, 4.69) is 19.8 Å². The van der Waals surface area contributed by atoms with Crippen molar-refractivity contribution < 1.29 is 12.9 Å². The number of para-hydroxylation sites is 1. The van der Waals surface area contributed by atoms with Gasteiger partial charge in [0.25, 0.3) is 10.0 Å². The average molecular weight is 433 g/mol. The summed E-state index contributed by atoms with van der Waals surface area (Å²) in [4.78, 5) is 8.37. The summed E-state index contributed by atoms with van der Waals surface area (Å²) in [6.07, 6.45) is 5.15. The number of sulfonamides is 1. The fraction of sp³-hybridized carbons (Fsp3) is 0.0870. The third-order valence-electron chi connectivity index (χ3n) is 4.53. The molecule has 0 amide bonds. The van der Waals surface area contributed by atoms with Crippen LogP contribution in [-0.2, 0) is 16.4 Å². The van der Waals surface area contributed by atoms with Crippen LogP contribution in [0.15, 0.2) is 83.0 Å². The molecule has 0 saturated heterocycles. The average Bonchev–Trinajstić information content (AvgIpc) is 3.24. The number of hydrogen-bond acceptors (Lipinski definition) is 6. The molecule has 7 nitrogen and oxygen atoms in total. The molecule has 0 spiro atoms. The highest BCUT2D eigenvalue weighted by Gasteiger charge is 2.14. The lowest BCUT2D eigenvalue weighted by Crippen LogP contribution is -2.10. The summed E-state index contributed by atoms with van der Waals surface area (Å²) < 4.78 is 33.1. The van der Waals surface area contributed by atoms with Crippen LogP contribution in [0.5, 0.6) is 0 Å². The van der Waals surface area contributed by atoms with Crippen LogP contribution in [0.1, 0.15) is 22.6 Å². The van der Waals surface area contributed by atoms with E-state index in [9.17, 15) is 8.42 Å². The lowest BCUT2D eigenvalue weighted by Gasteiger charge is -2.09. The van der Waals surface area contributed by atoms with Crippen molar-refractivity contribution in [3.8, 4) is 11.4 Å².